The third-order valence-corrected chi connectivity index (χ3v) is 5.22. The van der Waals surface area contributed by atoms with Gasteiger partial charge in [0.25, 0.3) is 0 Å². The molecule has 0 saturated heterocycles. The summed E-state index contributed by atoms with van der Waals surface area (Å²) in [6.07, 6.45) is 0.121. The van der Waals surface area contributed by atoms with Crippen LogP contribution < -0.4 is 10.4 Å². The maximum atomic E-state index is 12.8. The number of rotatable bonds is 6. The average Bonchev–Trinajstić information content (AvgIpc) is 3.15. The summed E-state index contributed by atoms with van der Waals surface area (Å²) < 4.78 is 21.7. The molecule has 8 heteroatoms. The van der Waals surface area contributed by atoms with Crippen molar-refractivity contribution in [2.45, 2.75) is 39.7 Å². The van der Waals surface area contributed by atoms with Crippen molar-refractivity contribution in [2.24, 2.45) is 0 Å². The van der Waals surface area contributed by atoms with Crippen molar-refractivity contribution >= 4 is 45.5 Å². The molecule has 0 amide bonds. The quantitative estimate of drug-likeness (QED) is 0.206. The van der Waals surface area contributed by atoms with Gasteiger partial charge in [0.15, 0.2) is 0 Å². The van der Waals surface area contributed by atoms with Gasteiger partial charge in [-0.05, 0) is 68.7 Å². The zero-order chi connectivity index (χ0) is 23.7. The van der Waals surface area contributed by atoms with Crippen LogP contribution in [0, 0.1) is 6.92 Å². The Morgan fingerprint density at radius 3 is 2.58 bits per heavy atom. The average molecular weight is 469 g/mol. The molecule has 0 N–H and O–H groups in total. The lowest BCUT2D eigenvalue weighted by Gasteiger charge is -2.12. The lowest BCUT2D eigenvalue weighted by Crippen LogP contribution is -2.13. The van der Waals surface area contributed by atoms with Crippen LogP contribution in [0.25, 0.3) is 21.9 Å². The van der Waals surface area contributed by atoms with E-state index in [9.17, 15) is 14.4 Å². The SMILES string of the molecule is Cc1cc(=O)oc2cc(OC(=O)c3cc4cc(Cl)ccc4o3)c(CCC(=O)OC(C)C)cc12. The molecule has 0 atom stereocenters. The first-order valence-corrected chi connectivity index (χ1v) is 10.8. The van der Waals surface area contributed by atoms with E-state index in [2.05, 4.69) is 0 Å². The Balaban J connectivity index is 1.69. The number of ether oxygens (including phenoxy) is 2. The maximum absolute atomic E-state index is 12.8. The summed E-state index contributed by atoms with van der Waals surface area (Å²) >= 11 is 6.00. The fraction of sp³-hybridized carbons (Fsp3) is 0.240. The summed E-state index contributed by atoms with van der Waals surface area (Å²) in [5.74, 6) is -0.948. The van der Waals surface area contributed by atoms with Gasteiger partial charge in [-0.1, -0.05) is 11.6 Å². The molecule has 2 aromatic heterocycles. The summed E-state index contributed by atoms with van der Waals surface area (Å²) in [5.41, 5.74) is 1.54. The highest BCUT2D eigenvalue weighted by molar-refractivity contribution is 6.31. The van der Waals surface area contributed by atoms with E-state index in [0.717, 1.165) is 0 Å². The second kappa shape index (κ2) is 9.11. The Labute approximate surface area is 193 Å². The third kappa shape index (κ3) is 5.09. The fourth-order valence-corrected chi connectivity index (χ4v) is 3.69. The van der Waals surface area contributed by atoms with Gasteiger partial charge in [-0.2, -0.15) is 0 Å². The Morgan fingerprint density at radius 2 is 1.82 bits per heavy atom. The Kier molecular flexibility index (Phi) is 6.24. The predicted molar refractivity (Wildman–Crippen MR) is 123 cm³/mol. The third-order valence-electron chi connectivity index (χ3n) is 4.98. The number of fused-ring (bicyclic) bond motifs is 2. The van der Waals surface area contributed by atoms with Gasteiger partial charge >= 0.3 is 17.6 Å². The molecule has 0 fully saturated rings. The molecule has 33 heavy (non-hydrogen) atoms. The van der Waals surface area contributed by atoms with Crippen molar-refractivity contribution in [1.29, 1.82) is 0 Å². The molecule has 4 aromatic rings. The molecule has 0 unspecified atom stereocenters. The number of carbonyl (C=O) groups excluding carboxylic acids is 2. The minimum absolute atomic E-state index is 0.0109. The first kappa shape index (κ1) is 22.6. The molecule has 2 heterocycles. The lowest BCUT2D eigenvalue weighted by molar-refractivity contribution is -0.147. The van der Waals surface area contributed by atoms with E-state index >= 15 is 0 Å². The van der Waals surface area contributed by atoms with Gasteiger partial charge in [0, 0.05) is 34.3 Å². The van der Waals surface area contributed by atoms with Crippen LogP contribution >= 0.6 is 11.6 Å². The van der Waals surface area contributed by atoms with Crippen molar-refractivity contribution in [3.05, 3.63) is 74.8 Å². The molecule has 0 radical (unpaired) electrons. The monoisotopic (exact) mass is 468 g/mol. The number of hydrogen-bond acceptors (Lipinski definition) is 7. The van der Waals surface area contributed by atoms with E-state index in [1.807, 2.05) is 0 Å². The second-order valence-electron chi connectivity index (χ2n) is 7.93. The van der Waals surface area contributed by atoms with Crippen LogP contribution in [-0.4, -0.2) is 18.0 Å². The highest BCUT2D eigenvalue weighted by Crippen LogP contribution is 2.30. The minimum Gasteiger partial charge on any atom is -0.463 e. The molecule has 0 bridgehead atoms. The summed E-state index contributed by atoms with van der Waals surface area (Å²) in [6, 6.07) is 11.1. The van der Waals surface area contributed by atoms with E-state index in [4.69, 9.17) is 29.9 Å². The highest BCUT2D eigenvalue weighted by atomic mass is 35.5. The van der Waals surface area contributed by atoms with Crippen LogP contribution in [0.4, 0.5) is 0 Å². The second-order valence-corrected chi connectivity index (χ2v) is 8.36. The van der Waals surface area contributed by atoms with Crippen LogP contribution in [-0.2, 0) is 16.0 Å². The van der Waals surface area contributed by atoms with E-state index in [1.54, 1.807) is 45.0 Å². The van der Waals surface area contributed by atoms with E-state index in [0.29, 0.717) is 32.5 Å². The molecule has 0 spiro atoms. The van der Waals surface area contributed by atoms with Gasteiger partial charge in [-0.15, -0.1) is 0 Å². The smallest absolute Gasteiger partial charge is 0.379 e. The van der Waals surface area contributed by atoms with Crippen molar-refractivity contribution < 1.29 is 27.9 Å². The molecule has 0 aliphatic heterocycles. The summed E-state index contributed by atoms with van der Waals surface area (Å²) in [7, 11) is 0. The maximum Gasteiger partial charge on any atom is 0.379 e. The number of carbonyl (C=O) groups is 2. The van der Waals surface area contributed by atoms with E-state index in [1.165, 1.54) is 18.2 Å². The predicted octanol–water partition coefficient (Wildman–Crippen LogP) is 5.60. The lowest BCUT2D eigenvalue weighted by atomic mass is 10.0. The molecule has 0 saturated carbocycles. The van der Waals surface area contributed by atoms with Crippen molar-refractivity contribution in [1.82, 2.24) is 0 Å². The zero-order valence-electron chi connectivity index (χ0n) is 18.3. The molecule has 4 rings (SSSR count). The van der Waals surface area contributed by atoms with Crippen LogP contribution in [0.15, 0.2) is 56.1 Å². The van der Waals surface area contributed by atoms with Crippen molar-refractivity contribution in [3.8, 4) is 5.75 Å². The number of halogens is 1. The number of hydrogen-bond donors (Lipinski definition) is 0. The highest BCUT2D eigenvalue weighted by Gasteiger charge is 2.19. The standard InChI is InChI=1S/C25H21ClO7/c1-13(2)30-23(27)7-4-15-10-18-14(3)8-24(28)32-21(18)12-20(15)33-25(29)22-11-16-9-17(26)5-6-19(16)31-22/h5-6,8-13H,4,7H2,1-3H3. The molecule has 2 aromatic carbocycles. The molecular formula is C25H21ClO7. The van der Waals surface area contributed by atoms with E-state index < -0.39 is 11.6 Å². The number of esters is 2. The van der Waals surface area contributed by atoms with Gasteiger partial charge in [0.1, 0.15) is 16.9 Å². The number of furan rings is 1. The molecule has 7 nitrogen and oxygen atoms in total. The first-order chi connectivity index (χ1) is 15.7. The van der Waals surface area contributed by atoms with Crippen molar-refractivity contribution in [3.63, 3.8) is 0 Å². The van der Waals surface area contributed by atoms with Gasteiger partial charge in [0.05, 0.1) is 6.10 Å². The van der Waals surface area contributed by atoms with Crippen LogP contribution in [0.2, 0.25) is 5.02 Å². The van der Waals surface area contributed by atoms with Gasteiger partial charge < -0.3 is 18.3 Å². The molecular weight excluding hydrogens is 448 g/mol. The first-order valence-electron chi connectivity index (χ1n) is 10.4. The van der Waals surface area contributed by atoms with Gasteiger partial charge in [-0.25, -0.2) is 9.59 Å². The fourth-order valence-electron chi connectivity index (χ4n) is 3.50. The topological polar surface area (TPSA) is 96.0 Å². The summed E-state index contributed by atoms with van der Waals surface area (Å²) in [6.45, 7) is 5.32. The van der Waals surface area contributed by atoms with Gasteiger partial charge in [0.2, 0.25) is 5.76 Å². The van der Waals surface area contributed by atoms with Crippen LogP contribution in [0.1, 0.15) is 41.9 Å². The normalized spacial score (nSPS) is 11.3. The van der Waals surface area contributed by atoms with Gasteiger partial charge in [-0.3, -0.25) is 4.79 Å². The van der Waals surface area contributed by atoms with Crippen molar-refractivity contribution in [2.75, 3.05) is 0 Å². The minimum atomic E-state index is -0.734. The number of aryl methyl sites for hydroxylation is 2. The summed E-state index contributed by atoms with van der Waals surface area (Å²) in [5, 5.41) is 1.85. The Morgan fingerprint density at radius 1 is 1.03 bits per heavy atom. The summed E-state index contributed by atoms with van der Waals surface area (Å²) in [4.78, 5) is 36.7. The number of benzene rings is 2. The largest absolute Gasteiger partial charge is 0.463 e. The van der Waals surface area contributed by atoms with Crippen LogP contribution in [0.3, 0.4) is 0 Å². The molecule has 0 aliphatic carbocycles. The van der Waals surface area contributed by atoms with Crippen LogP contribution in [0.5, 0.6) is 5.75 Å². The van der Waals surface area contributed by atoms with E-state index in [-0.39, 0.29) is 42.0 Å². The molecule has 0 aliphatic rings. The molecule has 170 valence electrons. The Hall–Kier alpha value is -3.58. The Bertz CT molecular complexity index is 1430. The zero-order valence-corrected chi connectivity index (χ0v) is 19.0.